The van der Waals surface area contributed by atoms with Gasteiger partial charge in [-0.25, -0.2) is 0 Å². The fourth-order valence-electron chi connectivity index (χ4n) is 3.29. The molecular formula is C19H20N2O4. The second-order valence-corrected chi connectivity index (χ2v) is 6.10. The lowest BCUT2D eigenvalue weighted by atomic mass is 10.0. The Morgan fingerprint density at radius 2 is 2.08 bits per heavy atom. The number of aromatic nitrogens is 1. The molecule has 6 nitrogen and oxygen atoms in total. The number of pyridine rings is 1. The number of aliphatic carboxylic acids is 1. The van der Waals surface area contributed by atoms with Crippen molar-refractivity contribution in [2.45, 2.75) is 19.4 Å². The number of nitrogens with zero attached hydrogens (tertiary/aromatic N) is 2. The van der Waals surface area contributed by atoms with E-state index >= 15 is 0 Å². The van der Waals surface area contributed by atoms with E-state index in [2.05, 4.69) is 4.98 Å². The van der Waals surface area contributed by atoms with E-state index < -0.39 is 11.9 Å². The van der Waals surface area contributed by atoms with E-state index in [9.17, 15) is 14.7 Å². The van der Waals surface area contributed by atoms with Gasteiger partial charge in [-0.15, -0.1) is 0 Å². The maximum Gasteiger partial charge on any atom is 0.308 e. The minimum Gasteiger partial charge on any atom is -0.496 e. The molecule has 2 aromatic rings. The average molecular weight is 340 g/mol. The fourth-order valence-corrected chi connectivity index (χ4v) is 3.29. The van der Waals surface area contributed by atoms with Crippen LogP contribution in [0.1, 0.15) is 23.7 Å². The van der Waals surface area contributed by atoms with Crippen molar-refractivity contribution in [3.8, 4) is 17.0 Å². The number of carbonyl (C=O) groups excluding carboxylic acids is 1. The van der Waals surface area contributed by atoms with Crippen molar-refractivity contribution < 1.29 is 19.4 Å². The number of carboxylic acid groups (broad SMARTS) is 1. The standard InChI is InChI=1S/C19H20N2O4/c1-12-14(19(23)24)8-10-21(12)18(22)13-6-7-17(25-2)15(11-13)16-5-3-4-9-20-16/h3-7,9,11-12,14H,8,10H2,1-2H3,(H,23,24). The van der Waals surface area contributed by atoms with Crippen LogP contribution < -0.4 is 4.74 Å². The van der Waals surface area contributed by atoms with Crippen LogP contribution in [0.2, 0.25) is 0 Å². The number of rotatable bonds is 4. The zero-order valence-electron chi connectivity index (χ0n) is 14.2. The topological polar surface area (TPSA) is 79.7 Å². The first-order chi connectivity index (χ1) is 12.0. The maximum absolute atomic E-state index is 12.9. The lowest BCUT2D eigenvalue weighted by Gasteiger charge is -2.23. The van der Waals surface area contributed by atoms with E-state index in [1.165, 1.54) is 0 Å². The number of benzene rings is 1. The Balaban J connectivity index is 1.93. The summed E-state index contributed by atoms with van der Waals surface area (Å²) in [6.45, 7) is 2.23. The highest BCUT2D eigenvalue weighted by Gasteiger charge is 2.38. The number of ether oxygens (including phenoxy) is 1. The van der Waals surface area contributed by atoms with Crippen molar-refractivity contribution in [2.24, 2.45) is 5.92 Å². The zero-order chi connectivity index (χ0) is 18.0. The normalized spacial score (nSPS) is 19.7. The number of likely N-dealkylation sites (tertiary alicyclic amines) is 1. The highest BCUT2D eigenvalue weighted by atomic mass is 16.5. The van der Waals surface area contributed by atoms with E-state index in [1.807, 2.05) is 18.2 Å². The monoisotopic (exact) mass is 340 g/mol. The predicted molar refractivity (Wildman–Crippen MR) is 92.5 cm³/mol. The van der Waals surface area contributed by atoms with Gasteiger partial charge in [0, 0.05) is 29.9 Å². The Kier molecular flexibility index (Phi) is 4.70. The second kappa shape index (κ2) is 6.93. The van der Waals surface area contributed by atoms with Crippen LogP contribution >= 0.6 is 0 Å². The molecule has 0 bridgehead atoms. The first-order valence-electron chi connectivity index (χ1n) is 8.16. The molecule has 1 aromatic carbocycles. The van der Waals surface area contributed by atoms with E-state index in [1.54, 1.807) is 43.3 Å². The largest absolute Gasteiger partial charge is 0.496 e. The Morgan fingerprint density at radius 3 is 2.68 bits per heavy atom. The van der Waals surface area contributed by atoms with Gasteiger partial charge in [0.2, 0.25) is 0 Å². The van der Waals surface area contributed by atoms with Crippen LogP contribution in [0.5, 0.6) is 5.75 Å². The molecule has 3 rings (SSSR count). The molecule has 1 N–H and O–H groups in total. The molecule has 130 valence electrons. The molecule has 1 fully saturated rings. The molecular weight excluding hydrogens is 320 g/mol. The molecule has 6 heteroatoms. The Bertz CT molecular complexity index is 791. The summed E-state index contributed by atoms with van der Waals surface area (Å²) in [5, 5.41) is 9.25. The molecule has 2 unspecified atom stereocenters. The van der Waals surface area contributed by atoms with Crippen molar-refractivity contribution in [2.75, 3.05) is 13.7 Å². The molecule has 25 heavy (non-hydrogen) atoms. The summed E-state index contributed by atoms with van der Waals surface area (Å²) >= 11 is 0. The zero-order valence-corrected chi connectivity index (χ0v) is 14.2. The van der Waals surface area contributed by atoms with Gasteiger partial charge in [-0.3, -0.25) is 14.6 Å². The van der Waals surface area contributed by atoms with Gasteiger partial charge in [-0.1, -0.05) is 6.07 Å². The molecule has 0 saturated carbocycles. The summed E-state index contributed by atoms with van der Waals surface area (Å²) in [6.07, 6.45) is 2.16. The highest BCUT2D eigenvalue weighted by molar-refractivity contribution is 5.96. The predicted octanol–water partition coefficient (Wildman–Crippen LogP) is 2.69. The number of amides is 1. The molecule has 0 radical (unpaired) electrons. The first kappa shape index (κ1) is 17.0. The molecule has 1 aliphatic heterocycles. The van der Waals surface area contributed by atoms with E-state index in [0.29, 0.717) is 30.0 Å². The van der Waals surface area contributed by atoms with Gasteiger partial charge in [0.15, 0.2) is 0 Å². The van der Waals surface area contributed by atoms with E-state index in [-0.39, 0.29) is 11.9 Å². The Labute approximate surface area is 146 Å². The lowest BCUT2D eigenvalue weighted by molar-refractivity contribution is -0.142. The Morgan fingerprint density at radius 1 is 1.28 bits per heavy atom. The summed E-state index contributed by atoms with van der Waals surface area (Å²) < 4.78 is 5.39. The third kappa shape index (κ3) is 3.20. The van der Waals surface area contributed by atoms with Crippen LogP contribution in [0, 0.1) is 5.92 Å². The maximum atomic E-state index is 12.9. The molecule has 2 heterocycles. The van der Waals surface area contributed by atoms with Crippen LogP contribution in [0.4, 0.5) is 0 Å². The van der Waals surface area contributed by atoms with Gasteiger partial charge in [0.1, 0.15) is 5.75 Å². The highest BCUT2D eigenvalue weighted by Crippen LogP contribution is 2.31. The summed E-state index contributed by atoms with van der Waals surface area (Å²) in [4.78, 5) is 30.1. The van der Waals surface area contributed by atoms with Gasteiger partial charge >= 0.3 is 5.97 Å². The van der Waals surface area contributed by atoms with Crippen molar-refractivity contribution in [1.29, 1.82) is 0 Å². The number of hydrogen-bond donors (Lipinski definition) is 1. The molecule has 1 aromatic heterocycles. The summed E-state index contributed by atoms with van der Waals surface area (Å²) in [5.41, 5.74) is 1.95. The minimum atomic E-state index is -0.855. The van der Waals surface area contributed by atoms with Crippen molar-refractivity contribution in [3.63, 3.8) is 0 Å². The summed E-state index contributed by atoms with van der Waals surface area (Å²) in [7, 11) is 1.57. The summed E-state index contributed by atoms with van der Waals surface area (Å²) in [6, 6.07) is 10.4. The molecule has 1 amide bonds. The van der Waals surface area contributed by atoms with Gasteiger partial charge in [0.05, 0.1) is 18.7 Å². The summed E-state index contributed by atoms with van der Waals surface area (Å²) in [5.74, 6) is -0.909. The Hall–Kier alpha value is -2.89. The van der Waals surface area contributed by atoms with Crippen LogP contribution in [0.3, 0.4) is 0 Å². The van der Waals surface area contributed by atoms with Crippen LogP contribution in [0.25, 0.3) is 11.3 Å². The number of carboxylic acids is 1. The smallest absolute Gasteiger partial charge is 0.308 e. The van der Waals surface area contributed by atoms with Crippen LogP contribution in [-0.2, 0) is 4.79 Å². The second-order valence-electron chi connectivity index (χ2n) is 6.10. The van der Waals surface area contributed by atoms with Crippen molar-refractivity contribution in [1.82, 2.24) is 9.88 Å². The molecule has 0 spiro atoms. The van der Waals surface area contributed by atoms with E-state index in [0.717, 1.165) is 5.56 Å². The third-order valence-electron chi connectivity index (χ3n) is 4.72. The van der Waals surface area contributed by atoms with Crippen LogP contribution in [0.15, 0.2) is 42.6 Å². The van der Waals surface area contributed by atoms with Gasteiger partial charge in [0.25, 0.3) is 5.91 Å². The first-order valence-corrected chi connectivity index (χ1v) is 8.16. The van der Waals surface area contributed by atoms with Gasteiger partial charge in [-0.05, 0) is 43.7 Å². The van der Waals surface area contributed by atoms with E-state index in [4.69, 9.17) is 4.74 Å². The van der Waals surface area contributed by atoms with Crippen LogP contribution in [-0.4, -0.2) is 46.6 Å². The molecule has 1 saturated heterocycles. The van der Waals surface area contributed by atoms with Crippen molar-refractivity contribution >= 4 is 11.9 Å². The lowest BCUT2D eigenvalue weighted by Crippen LogP contribution is -2.37. The van der Waals surface area contributed by atoms with Crippen molar-refractivity contribution in [3.05, 3.63) is 48.2 Å². The SMILES string of the molecule is COc1ccc(C(=O)N2CCC(C(=O)O)C2C)cc1-c1ccccn1. The fraction of sp³-hybridized carbons (Fsp3) is 0.316. The van der Waals surface area contributed by atoms with Gasteiger partial charge < -0.3 is 14.7 Å². The average Bonchev–Trinajstić information content (AvgIpc) is 3.03. The number of hydrogen-bond acceptors (Lipinski definition) is 4. The number of carbonyl (C=O) groups is 2. The van der Waals surface area contributed by atoms with Gasteiger partial charge in [-0.2, -0.15) is 0 Å². The molecule has 2 atom stereocenters. The number of methoxy groups -OCH3 is 1. The quantitative estimate of drug-likeness (QED) is 0.926. The third-order valence-corrected chi connectivity index (χ3v) is 4.72. The minimum absolute atomic E-state index is 0.170. The molecule has 1 aliphatic rings. The molecule has 0 aliphatic carbocycles.